The van der Waals surface area contributed by atoms with Crippen LogP contribution in [-0.2, 0) is 6.54 Å². The van der Waals surface area contributed by atoms with E-state index in [2.05, 4.69) is 58.0 Å². The second-order valence-electron chi connectivity index (χ2n) is 6.66. The van der Waals surface area contributed by atoms with Gasteiger partial charge in [0.05, 0.1) is 12.6 Å². The number of nitrogens with zero attached hydrogens (tertiary/aromatic N) is 2. The zero-order chi connectivity index (χ0) is 15.6. The molecular weight excluding hydrogens is 320 g/mol. The average Bonchev–Trinajstić information content (AvgIpc) is 2.90. The van der Waals surface area contributed by atoms with Gasteiger partial charge >= 0.3 is 0 Å². The van der Waals surface area contributed by atoms with Gasteiger partial charge < -0.3 is 14.6 Å². The summed E-state index contributed by atoms with van der Waals surface area (Å²) in [5.41, 5.74) is 2.43. The van der Waals surface area contributed by atoms with Crippen molar-refractivity contribution < 1.29 is 5.11 Å². The molecule has 1 aromatic heterocycles. The molecule has 2 aromatic carbocycles. The van der Waals surface area contributed by atoms with Crippen LogP contribution in [0.2, 0.25) is 0 Å². The zero-order valence-corrected chi connectivity index (χ0v) is 14.7. The van der Waals surface area contributed by atoms with E-state index >= 15 is 0 Å². The molecule has 3 aromatic rings. The minimum absolute atomic E-state index is 0. The molecule has 3 nitrogen and oxygen atoms in total. The number of para-hydroxylation sites is 2. The molecule has 1 aliphatic rings. The quantitative estimate of drug-likeness (QED) is 0.773. The van der Waals surface area contributed by atoms with Gasteiger partial charge in [0.1, 0.15) is 0 Å². The maximum absolute atomic E-state index is 10.6. The van der Waals surface area contributed by atoms with E-state index in [0.29, 0.717) is 6.54 Å². The van der Waals surface area contributed by atoms with Crippen LogP contribution in [-0.4, -0.2) is 40.3 Å². The SMILES string of the molecule is Cl.OC(CN1CCCCC1)Cn1c2ccccc2c2ccccc21. The van der Waals surface area contributed by atoms with Gasteiger partial charge in [-0.05, 0) is 38.1 Å². The van der Waals surface area contributed by atoms with Crippen LogP contribution in [0, 0.1) is 0 Å². The molecule has 24 heavy (non-hydrogen) atoms. The third-order valence-electron chi connectivity index (χ3n) is 4.99. The highest BCUT2D eigenvalue weighted by atomic mass is 35.5. The fourth-order valence-corrected chi connectivity index (χ4v) is 3.91. The fraction of sp³-hybridized carbons (Fsp3) is 0.400. The number of rotatable bonds is 4. The first kappa shape index (κ1) is 17.3. The first-order valence-corrected chi connectivity index (χ1v) is 8.69. The summed E-state index contributed by atoms with van der Waals surface area (Å²) in [4.78, 5) is 2.40. The molecule has 0 radical (unpaired) electrons. The number of hydrogen-bond acceptors (Lipinski definition) is 2. The van der Waals surface area contributed by atoms with Crippen molar-refractivity contribution in [3.05, 3.63) is 48.5 Å². The number of piperidine rings is 1. The van der Waals surface area contributed by atoms with Gasteiger partial charge in [-0.25, -0.2) is 0 Å². The molecule has 0 aliphatic carbocycles. The Kier molecular flexibility index (Phi) is 5.44. The van der Waals surface area contributed by atoms with Crippen LogP contribution in [0.3, 0.4) is 0 Å². The minimum Gasteiger partial charge on any atom is -0.390 e. The summed E-state index contributed by atoms with van der Waals surface area (Å²) in [5.74, 6) is 0. The van der Waals surface area contributed by atoms with Gasteiger partial charge in [-0.1, -0.05) is 42.8 Å². The molecule has 0 saturated carbocycles. The number of aliphatic hydroxyl groups excluding tert-OH is 1. The Hall–Kier alpha value is -1.55. The van der Waals surface area contributed by atoms with Crippen molar-refractivity contribution in [1.29, 1.82) is 0 Å². The van der Waals surface area contributed by atoms with Crippen molar-refractivity contribution in [3.8, 4) is 0 Å². The molecule has 1 fully saturated rings. The van der Waals surface area contributed by atoms with E-state index in [-0.39, 0.29) is 18.5 Å². The summed E-state index contributed by atoms with van der Waals surface area (Å²) in [5, 5.41) is 13.2. The second kappa shape index (κ2) is 7.56. The van der Waals surface area contributed by atoms with E-state index in [1.54, 1.807) is 0 Å². The fourth-order valence-electron chi connectivity index (χ4n) is 3.91. The van der Waals surface area contributed by atoms with Crippen molar-refractivity contribution in [2.75, 3.05) is 19.6 Å². The number of likely N-dealkylation sites (tertiary alicyclic amines) is 1. The van der Waals surface area contributed by atoms with Crippen LogP contribution in [0.4, 0.5) is 0 Å². The maximum atomic E-state index is 10.6. The van der Waals surface area contributed by atoms with Crippen LogP contribution in [0.25, 0.3) is 21.8 Å². The van der Waals surface area contributed by atoms with E-state index in [0.717, 1.165) is 19.6 Å². The highest BCUT2D eigenvalue weighted by Gasteiger charge is 2.17. The van der Waals surface area contributed by atoms with Crippen LogP contribution in [0.5, 0.6) is 0 Å². The third kappa shape index (κ3) is 3.30. The third-order valence-corrected chi connectivity index (χ3v) is 4.99. The number of aliphatic hydroxyl groups is 1. The Morgan fingerprint density at radius 1 is 0.792 bits per heavy atom. The number of fused-ring (bicyclic) bond motifs is 3. The van der Waals surface area contributed by atoms with Gasteiger partial charge in [0, 0.05) is 28.4 Å². The van der Waals surface area contributed by atoms with E-state index in [4.69, 9.17) is 0 Å². The van der Waals surface area contributed by atoms with Gasteiger partial charge in [-0.3, -0.25) is 0 Å². The molecule has 4 heteroatoms. The number of benzene rings is 2. The summed E-state index contributed by atoms with van der Waals surface area (Å²) < 4.78 is 2.28. The molecule has 1 aliphatic heterocycles. The minimum atomic E-state index is -0.327. The largest absolute Gasteiger partial charge is 0.390 e. The molecule has 128 valence electrons. The van der Waals surface area contributed by atoms with Crippen molar-refractivity contribution in [2.24, 2.45) is 0 Å². The number of β-amino-alcohol motifs (C(OH)–C–C–N with tert-alkyl or cyclic N) is 1. The Labute approximate surface area is 149 Å². The van der Waals surface area contributed by atoms with Crippen molar-refractivity contribution in [1.82, 2.24) is 9.47 Å². The lowest BCUT2D eigenvalue weighted by Gasteiger charge is -2.28. The summed E-state index contributed by atoms with van der Waals surface area (Å²) in [6.07, 6.45) is 3.54. The average molecular weight is 345 g/mol. The lowest BCUT2D eigenvalue weighted by Crippen LogP contribution is -2.38. The summed E-state index contributed by atoms with van der Waals surface area (Å²) >= 11 is 0. The van der Waals surface area contributed by atoms with Gasteiger partial charge in [0.2, 0.25) is 0 Å². The van der Waals surface area contributed by atoms with Gasteiger partial charge in [0.15, 0.2) is 0 Å². The van der Waals surface area contributed by atoms with Crippen molar-refractivity contribution in [3.63, 3.8) is 0 Å². The first-order valence-electron chi connectivity index (χ1n) is 8.69. The molecule has 1 N–H and O–H groups in total. The normalized spacial score (nSPS) is 17.0. The molecule has 1 atom stereocenters. The molecule has 0 bridgehead atoms. The van der Waals surface area contributed by atoms with Crippen molar-refractivity contribution in [2.45, 2.75) is 31.9 Å². The lowest BCUT2D eigenvalue weighted by molar-refractivity contribution is 0.0901. The van der Waals surface area contributed by atoms with Gasteiger partial charge in [-0.2, -0.15) is 0 Å². The monoisotopic (exact) mass is 344 g/mol. The summed E-state index contributed by atoms with van der Waals surface area (Å²) in [6.45, 7) is 3.69. The molecule has 1 saturated heterocycles. The van der Waals surface area contributed by atoms with Crippen LogP contribution < -0.4 is 0 Å². The Morgan fingerprint density at radius 3 is 1.92 bits per heavy atom. The Bertz CT molecular complexity index is 754. The standard InChI is InChI=1S/C20H24N2O.ClH/c23-16(14-21-12-6-1-7-13-21)15-22-19-10-4-2-8-17(19)18-9-3-5-11-20(18)22;/h2-5,8-11,16,23H,1,6-7,12-15H2;1H. The van der Waals surface area contributed by atoms with Gasteiger partial charge in [0.25, 0.3) is 0 Å². The van der Waals surface area contributed by atoms with Crippen LogP contribution in [0.1, 0.15) is 19.3 Å². The number of aromatic nitrogens is 1. The second-order valence-corrected chi connectivity index (χ2v) is 6.66. The summed E-state index contributed by atoms with van der Waals surface area (Å²) in [7, 11) is 0. The van der Waals surface area contributed by atoms with Gasteiger partial charge in [-0.15, -0.1) is 12.4 Å². The molecule has 2 heterocycles. The van der Waals surface area contributed by atoms with E-state index in [1.165, 1.54) is 41.1 Å². The smallest absolute Gasteiger partial charge is 0.0845 e. The Morgan fingerprint density at radius 2 is 1.33 bits per heavy atom. The van der Waals surface area contributed by atoms with Crippen LogP contribution >= 0.6 is 12.4 Å². The highest BCUT2D eigenvalue weighted by Crippen LogP contribution is 2.28. The number of halogens is 1. The molecular formula is C20H25ClN2O. The molecule has 4 rings (SSSR count). The van der Waals surface area contributed by atoms with E-state index in [9.17, 15) is 5.11 Å². The highest BCUT2D eigenvalue weighted by molar-refractivity contribution is 6.07. The Balaban J connectivity index is 0.00000169. The maximum Gasteiger partial charge on any atom is 0.0845 e. The predicted octanol–water partition coefficient (Wildman–Crippen LogP) is 4.06. The van der Waals surface area contributed by atoms with E-state index in [1.807, 2.05) is 0 Å². The topological polar surface area (TPSA) is 28.4 Å². The molecule has 0 amide bonds. The van der Waals surface area contributed by atoms with E-state index < -0.39 is 0 Å². The molecule has 1 unspecified atom stereocenters. The van der Waals surface area contributed by atoms with Crippen LogP contribution in [0.15, 0.2) is 48.5 Å². The lowest BCUT2D eigenvalue weighted by atomic mass is 10.1. The number of hydrogen-bond donors (Lipinski definition) is 1. The molecule has 0 spiro atoms. The predicted molar refractivity (Wildman–Crippen MR) is 103 cm³/mol. The summed E-state index contributed by atoms with van der Waals surface area (Å²) in [6, 6.07) is 17.0. The first-order chi connectivity index (χ1) is 11.3. The zero-order valence-electron chi connectivity index (χ0n) is 13.9. The van der Waals surface area contributed by atoms with Crippen molar-refractivity contribution >= 4 is 34.2 Å².